The number of rotatable bonds is 8. The fourth-order valence-electron chi connectivity index (χ4n) is 3.79. The van der Waals surface area contributed by atoms with Gasteiger partial charge in [0.05, 0.1) is 0 Å². The summed E-state index contributed by atoms with van der Waals surface area (Å²) in [5.41, 5.74) is 13.7. The van der Waals surface area contributed by atoms with Gasteiger partial charge in [-0.25, -0.2) is 4.98 Å². The van der Waals surface area contributed by atoms with Crippen LogP contribution in [0.3, 0.4) is 0 Å². The molecule has 32 heavy (non-hydrogen) atoms. The van der Waals surface area contributed by atoms with E-state index in [1.165, 1.54) is 6.20 Å². The molecule has 1 aliphatic carbocycles. The highest BCUT2D eigenvalue weighted by Crippen LogP contribution is 2.24. The van der Waals surface area contributed by atoms with Crippen LogP contribution < -0.4 is 26.8 Å². The largest absolute Gasteiger partial charge is 0.489 e. The molecule has 3 aromatic rings. The van der Waals surface area contributed by atoms with Gasteiger partial charge in [-0.1, -0.05) is 43.2 Å². The predicted octanol–water partition coefficient (Wildman–Crippen LogP) is 3.58. The Morgan fingerprint density at radius 3 is 2.69 bits per heavy atom. The Morgan fingerprint density at radius 2 is 1.91 bits per heavy atom. The van der Waals surface area contributed by atoms with Crippen LogP contribution in [0.15, 0.2) is 60.8 Å². The standard InChI is InChI=1S/C24H28N6O2/c25-20-11-4-5-12-21(20)29-24-27-14-19(22(26)31)23(30-24)28-17-8-6-7-16(13-17)15-32-18-9-2-1-3-10-18/h1-3,6-10,13-14,20-21H,4-5,11-12,15,25H2,(H2,26,31)(H2,27,28,29,30). The molecule has 1 saturated carbocycles. The second kappa shape index (κ2) is 10.1. The zero-order chi connectivity index (χ0) is 22.3. The molecule has 0 spiro atoms. The van der Waals surface area contributed by atoms with Crippen LogP contribution in [0.2, 0.25) is 0 Å². The van der Waals surface area contributed by atoms with Crippen LogP contribution >= 0.6 is 0 Å². The summed E-state index contributed by atoms with van der Waals surface area (Å²) in [4.78, 5) is 20.7. The molecule has 1 aromatic heterocycles. The van der Waals surface area contributed by atoms with Crippen LogP contribution in [-0.2, 0) is 6.61 Å². The molecule has 0 saturated heterocycles. The number of hydrogen-bond acceptors (Lipinski definition) is 7. The van der Waals surface area contributed by atoms with Crippen LogP contribution in [0.4, 0.5) is 17.5 Å². The topological polar surface area (TPSA) is 128 Å². The van der Waals surface area contributed by atoms with Crippen molar-refractivity contribution in [3.05, 3.63) is 71.9 Å². The monoisotopic (exact) mass is 432 g/mol. The summed E-state index contributed by atoms with van der Waals surface area (Å²) >= 11 is 0. The highest BCUT2D eigenvalue weighted by Gasteiger charge is 2.23. The summed E-state index contributed by atoms with van der Waals surface area (Å²) in [6.07, 6.45) is 5.64. The molecule has 6 N–H and O–H groups in total. The van der Waals surface area contributed by atoms with Crippen molar-refractivity contribution in [2.45, 2.75) is 44.4 Å². The van der Waals surface area contributed by atoms with Gasteiger partial charge in [-0.05, 0) is 42.7 Å². The van der Waals surface area contributed by atoms with Crippen LogP contribution in [0.1, 0.15) is 41.6 Å². The van der Waals surface area contributed by atoms with Gasteiger partial charge in [0.25, 0.3) is 5.91 Å². The van der Waals surface area contributed by atoms with Crippen LogP contribution in [0, 0.1) is 0 Å². The lowest BCUT2D eigenvalue weighted by Crippen LogP contribution is -2.43. The number of carbonyl (C=O) groups is 1. The number of aromatic nitrogens is 2. The minimum absolute atomic E-state index is 0.0564. The Hall–Kier alpha value is -3.65. The number of carbonyl (C=O) groups excluding carboxylic acids is 1. The van der Waals surface area contributed by atoms with Gasteiger partial charge in [0.1, 0.15) is 23.7 Å². The van der Waals surface area contributed by atoms with Crippen molar-refractivity contribution in [1.29, 1.82) is 0 Å². The highest BCUT2D eigenvalue weighted by atomic mass is 16.5. The Kier molecular flexibility index (Phi) is 6.81. The van der Waals surface area contributed by atoms with E-state index in [0.29, 0.717) is 18.4 Å². The van der Waals surface area contributed by atoms with Crippen LogP contribution in [-0.4, -0.2) is 28.0 Å². The number of benzene rings is 2. The third-order valence-electron chi connectivity index (χ3n) is 5.53. The van der Waals surface area contributed by atoms with Gasteiger partial charge in [0.15, 0.2) is 0 Å². The fraction of sp³-hybridized carbons (Fsp3) is 0.292. The summed E-state index contributed by atoms with van der Waals surface area (Å²) in [6, 6.07) is 17.5. The minimum atomic E-state index is -0.600. The molecule has 8 heteroatoms. The average Bonchev–Trinajstić information content (AvgIpc) is 2.80. The number of amides is 1. The molecule has 166 valence electrons. The zero-order valence-electron chi connectivity index (χ0n) is 17.8. The minimum Gasteiger partial charge on any atom is -0.489 e. The average molecular weight is 433 g/mol. The zero-order valence-corrected chi connectivity index (χ0v) is 17.8. The quantitative estimate of drug-likeness (QED) is 0.428. The van der Waals surface area contributed by atoms with E-state index in [0.717, 1.165) is 42.7 Å². The maximum Gasteiger partial charge on any atom is 0.254 e. The van der Waals surface area contributed by atoms with Crippen LogP contribution in [0.25, 0.3) is 0 Å². The SMILES string of the molecule is NC(=O)c1cnc(NC2CCCCC2N)nc1Nc1cccc(COc2ccccc2)c1. The second-order valence-corrected chi connectivity index (χ2v) is 7.95. The Morgan fingerprint density at radius 1 is 1.09 bits per heavy atom. The highest BCUT2D eigenvalue weighted by molar-refractivity contribution is 5.98. The van der Waals surface area contributed by atoms with E-state index in [1.54, 1.807) is 0 Å². The molecule has 0 radical (unpaired) electrons. The molecule has 8 nitrogen and oxygen atoms in total. The first kappa shape index (κ1) is 21.6. The third-order valence-corrected chi connectivity index (χ3v) is 5.53. The first-order valence-electron chi connectivity index (χ1n) is 10.8. The molecule has 1 fully saturated rings. The van der Waals surface area contributed by atoms with Crippen molar-refractivity contribution < 1.29 is 9.53 Å². The molecule has 1 aliphatic rings. The molecular weight excluding hydrogens is 404 g/mol. The molecule has 2 aromatic carbocycles. The molecule has 4 rings (SSSR count). The third kappa shape index (κ3) is 5.53. The number of anilines is 3. The number of para-hydroxylation sites is 1. The lowest BCUT2D eigenvalue weighted by atomic mass is 9.91. The van der Waals surface area contributed by atoms with Gasteiger partial charge in [-0.3, -0.25) is 4.79 Å². The molecule has 0 aliphatic heterocycles. The Labute approximate surface area is 187 Å². The maximum absolute atomic E-state index is 11.9. The Balaban J connectivity index is 1.50. The van der Waals surface area contributed by atoms with Gasteiger partial charge in [-0.2, -0.15) is 4.98 Å². The number of ether oxygens (including phenoxy) is 1. The smallest absolute Gasteiger partial charge is 0.254 e. The number of hydrogen-bond donors (Lipinski definition) is 4. The van der Waals surface area contributed by atoms with E-state index in [9.17, 15) is 4.79 Å². The normalized spacial score (nSPS) is 18.0. The molecule has 2 atom stereocenters. The summed E-state index contributed by atoms with van der Waals surface area (Å²) < 4.78 is 5.82. The summed E-state index contributed by atoms with van der Waals surface area (Å²) in [6.45, 7) is 0.415. The number of nitrogens with one attached hydrogen (secondary N) is 2. The maximum atomic E-state index is 11.9. The summed E-state index contributed by atoms with van der Waals surface area (Å²) in [5, 5.41) is 6.52. The van der Waals surface area contributed by atoms with E-state index >= 15 is 0 Å². The van der Waals surface area contributed by atoms with Crippen molar-refractivity contribution in [3.63, 3.8) is 0 Å². The van der Waals surface area contributed by atoms with E-state index in [4.69, 9.17) is 16.2 Å². The molecule has 2 unspecified atom stereocenters. The first-order chi connectivity index (χ1) is 15.6. The first-order valence-corrected chi connectivity index (χ1v) is 10.8. The van der Waals surface area contributed by atoms with Gasteiger partial charge < -0.3 is 26.8 Å². The van der Waals surface area contributed by atoms with Gasteiger partial charge in [-0.15, -0.1) is 0 Å². The number of nitrogens with zero attached hydrogens (tertiary/aromatic N) is 2. The van der Waals surface area contributed by atoms with Crippen molar-refractivity contribution in [3.8, 4) is 5.75 Å². The van der Waals surface area contributed by atoms with Gasteiger partial charge in [0.2, 0.25) is 5.95 Å². The van der Waals surface area contributed by atoms with E-state index in [-0.39, 0.29) is 17.6 Å². The molecule has 1 amide bonds. The summed E-state index contributed by atoms with van der Waals surface area (Å²) in [5.74, 6) is 0.968. The van der Waals surface area contributed by atoms with Crippen molar-refractivity contribution in [2.75, 3.05) is 10.6 Å². The van der Waals surface area contributed by atoms with Crippen LogP contribution in [0.5, 0.6) is 5.75 Å². The van der Waals surface area contributed by atoms with Crippen molar-refractivity contribution >= 4 is 23.4 Å². The van der Waals surface area contributed by atoms with Gasteiger partial charge >= 0.3 is 0 Å². The molecule has 1 heterocycles. The second-order valence-electron chi connectivity index (χ2n) is 7.95. The van der Waals surface area contributed by atoms with Gasteiger partial charge in [0, 0.05) is 24.0 Å². The molecular formula is C24H28N6O2. The van der Waals surface area contributed by atoms with Crippen molar-refractivity contribution in [2.24, 2.45) is 11.5 Å². The number of primary amides is 1. The van der Waals surface area contributed by atoms with E-state index in [1.807, 2.05) is 54.6 Å². The Bertz CT molecular complexity index is 1060. The number of nitrogens with two attached hydrogens (primary N) is 2. The van der Waals surface area contributed by atoms with E-state index in [2.05, 4.69) is 20.6 Å². The predicted molar refractivity (Wildman–Crippen MR) is 125 cm³/mol. The van der Waals surface area contributed by atoms with Crippen molar-refractivity contribution in [1.82, 2.24) is 9.97 Å². The lowest BCUT2D eigenvalue weighted by Gasteiger charge is -2.29. The summed E-state index contributed by atoms with van der Waals surface area (Å²) in [7, 11) is 0. The molecule has 0 bridgehead atoms. The fourth-order valence-corrected chi connectivity index (χ4v) is 3.79. The van der Waals surface area contributed by atoms with E-state index < -0.39 is 5.91 Å². The lowest BCUT2D eigenvalue weighted by molar-refractivity contribution is 0.100.